The molecule has 0 atom stereocenters. The number of rotatable bonds is 10. The van der Waals surface area contributed by atoms with Gasteiger partial charge in [0.2, 0.25) is 0 Å². The van der Waals surface area contributed by atoms with E-state index in [4.69, 9.17) is 9.47 Å². The van der Waals surface area contributed by atoms with E-state index >= 15 is 0 Å². The number of esters is 1. The summed E-state index contributed by atoms with van der Waals surface area (Å²) in [6.07, 6.45) is 6.55. The zero-order chi connectivity index (χ0) is 14.9. The molecule has 0 unspecified atom stereocenters. The molecule has 0 bridgehead atoms. The van der Waals surface area contributed by atoms with Gasteiger partial charge in [-0.1, -0.05) is 34.3 Å². The second-order valence-electron chi connectivity index (χ2n) is 5.11. The van der Waals surface area contributed by atoms with E-state index in [0.29, 0.717) is 0 Å². The van der Waals surface area contributed by atoms with E-state index in [-0.39, 0.29) is 17.2 Å². The molecule has 0 amide bonds. The third-order valence-corrected chi connectivity index (χ3v) is 4.53. The maximum absolute atomic E-state index is 11.5. The number of carbonyl (C=O) groups is 1. The molecule has 3 nitrogen and oxygen atoms in total. The highest BCUT2D eigenvalue weighted by Crippen LogP contribution is 2.33. The van der Waals surface area contributed by atoms with Crippen LogP contribution in [0.1, 0.15) is 66.2 Å². The van der Waals surface area contributed by atoms with Crippen LogP contribution in [0.2, 0.25) is 0 Å². The van der Waals surface area contributed by atoms with Crippen LogP contribution >= 0.6 is 0 Å². The predicted molar refractivity (Wildman–Crippen MR) is 79.2 cm³/mol. The molecular weight excluding hydrogens is 240 g/mol. The van der Waals surface area contributed by atoms with Gasteiger partial charge in [0.05, 0.1) is 5.60 Å². The number of hydrogen-bond donors (Lipinski definition) is 0. The lowest BCUT2D eigenvalue weighted by atomic mass is 9.83. The van der Waals surface area contributed by atoms with E-state index in [2.05, 4.69) is 34.3 Å². The topological polar surface area (TPSA) is 35.5 Å². The zero-order valence-corrected chi connectivity index (χ0v) is 13.3. The molecule has 0 N–H and O–H groups in total. The van der Waals surface area contributed by atoms with Gasteiger partial charge in [-0.3, -0.25) is 0 Å². The van der Waals surface area contributed by atoms with Crippen molar-refractivity contribution in [1.29, 1.82) is 0 Å². The van der Waals surface area contributed by atoms with Crippen LogP contribution in [0.25, 0.3) is 0 Å². The van der Waals surface area contributed by atoms with Crippen LogP contribution in [0.5, 0.6) is 0 Å². The van der Waals surface area contributed by atoms with E-state index in [0.717, 1.165) is 38.5 Å². The molecule has 19 heavy (non-hydrogen) atoms. The largest absolute Gasteiger partial charge is 0.456 e. The summed E-state index contributed by atoms with van der Waals surface area (Å²) in [5.74, 6) is -0.334. The SMILES string of the molecule is C=CC(=O)OC(CC)(CC)CCC(CC)(CC)OC. The normalized spacial score (nSPS) is 12.3. The fraction of sp³-hybridized carbons (Fsp3) is 0.812. The smallest absolute Gasteiger partial charge is 0.330 e. The minimum atomic E-state index is -0.389. The molecule has 0 heterocycles. The van der Waals surface area contributed by atoms with Crippen molar-refractivity contribution in [2.75, 3.05) is 7.11 Å². The molecule has 0 rings (SSSR count). The van der Waals surface area contributed by atoms with Gasteiger partial charge in [0, 0.05) is 13.2 Å². The third kappa shape index (κ3) is 4.98. The Morgan fingerprint density at radius 1 is 1.00 bits per heavy atom. The highest BCUT2D eigenvalue weighted by molar-refractivity contribution is 5.81. The van der Waals surface area contributed by atoms with Crippen LogP contribution < -0.4 is 0 Å². The van der Waals surface area contributed by atoms with Crippen molar-refractivity contribution in [2.24, 2.45) is 0 Å². The van der Waals surface area contributed by atoms with Crippen molar-refractivity contribution in [3.63, 3.8) is 0 Å². The van der Waals surface area contributed by atoms with E-state index in [9.17, 15) is 4.79 Å². The van der Waals surface area contributed by atoms with Gasteiger partial charge < -0.3 is 9.47 Å². The Hall–Kier alpha value is -0.830. The molecule has 0 aromatic rings. The lowest BCUT2D eigenvalue weighted by Gasteiger charge is -2.37. The molecule has 3 heteroatoms. The second-order valence-corrected chi connectivity index (χ2v) is 5.11. The average molecular weight is 270 g/mol. The van der Waals surface area contributed by atoms with Crippen molar-refractivity contribution in [1.82, 2.24) is 0 Å². The van der Waals surface area contributed by atoms with E-state index in [1.54, 1.807) is 7.11 Å². The Labute approximate surface area is 118 Å². The number of methoxy groups -OCH3 is 1. The predicted octanol–water partition coefficient (Wildman–Crippen LogP) is 4.26. The van der Waals surface area contributed by atoms with Crippen LogP contribution in [-0.2, 0) is 14.3 Å². The summed E-state index contributed by atoms with van der Waals surface area (Å²) in [5.41, 5.74) is -0.491. The summed E-state index contributed by atoms with van der Waals surface area (Å²) < 4.78 is 11.3. The van der Waals surface area contributed by atoms with E-state index in [1.807, 2.05) is 0 Å². The monoisotopic (exact) mass is 270 g/mol. The molecule has 0 aliphatic rings. The first-order valence-corrected chi connectivity index (χ1v) is 7.37. The molecule has 0 fully saturated rings. The van der Waals surface area contributed by atoms with Crippen molar-refractivity contribution in [2.45, 2.75) is 77.4 Å². The maximum atomic E-state index is 11.5. The lowest BCUT2D eigenvalue weighted by molar-refractivity contribution is -0.157. The minimum Gasteiger partial charge on any atom is -0.456 e. The van der Waals surface area contributed by atoms with Gasteiger partial charge in [0.1, 0.15) is 5.60 Å². The van der Waals surface area contributed by atoms with Crippen LogP contribution in [-0.4, -0.2) is 24.3 Å². The second kappa shape index (κ2) is 8.36. The van der Waals surface area contributed by atoms with Gasteiger partial charge in [-0.05, 0) is 38.5 Å². The van der Waals surface area contributed by atoms with Crippen molar-refractivity contribution >= 4 is 5.97 Å². The molecule has 0 aliphatic carbocycles. The van der Waals surface area contributed by atoms with Gasteiger partial charge >= 0.3 is 5.97 Å². The molecular formula is C16H30O3. The lowest BCUT2D eigenvalue weighted by Crippen LogP contribution is -2.38. The Bertz CT molecular complexity index is 267. The molecule has 0 aromatic carbocycles. The first-order chi connectivity index (χ1) is 8.96. The van der Waals surface area contributed by atoms with Gasteiger partial charge in [-0.15, -0.1) is 0 Å². The Kier molecular flexibility index (Phi) is 8.00. The minimum absolute atomic E-state index is 0.101. The molecule has 0 saturated heterocycles. The van der Waals surface area contributed by atoms with Crippen LogP contribution in [0.3, 0.4) is 0 Å². The third-order valence-electron chi connectivity index (χ3n) is 4.53. The molecule has 0 aromatic heterocycles. The van der Waals surface area contributed by atoms with Gasteiger partial charge in [-0.25, -0.2) is 4.79 Å². The summed E-state index contributed by atoms with van der Waals surface area (Å²) in [6.45, 7) is 11.9. The van der Waals surface area contributed by atoms with Crippen molar-refractivity contribution in [3.05, 3.63) is 12.7 Å². The summed E-state index contributed by atoms with van der Waals surface area (Å²) in [5, 5.41) is 0. The average Bonchev–Trinajstić information content (AvgIpc) is 2.47. The van der Waals surface area contributed by atoms with E-state index < -0.39 is 0 Å². The molecule has 0 radical (unpaired) electrons. The first kappa shape index (κ1) is 18.2. The Morgan fingerprint density at radius 2 is 1.42 bits per heavy atom. The Morgan fingerprint density at radius 3 is 1.74 bits per heavy atom. The van der Waals surface area contributed by atoms with Crippen LogP contribution in [0, 0.1) is 0 Å². The van der Waals surface area contributed by atoms with Crippen molar-refractivity contribution < 1.29 is 14.3 Å². The summed E-state index contributed by atoms with van der Waals surface area (Å²) in [7, 11) is 1.77. The maximum Gasteiger partial charge on any atom is 0.330 e. The number of hydrogen-bond acceptors (Lipinski definition) is 3. The van der Waals surface area contributed by atoms with Gasteiger partial charge in [0.15, 0.2) is 0 Å². The highest BCUT2D eigenvalue weighted by atomic mass is 16.6. The fourth-order valence-electron chi connectivity index (χ4n) is 2.50. The first-order valence-electron chi connectivity index (χ1n) is 7.37. The van der Waals surface area contributed by atoms with Crippen LogP contribution in [0.4, 0.5) is 0 Å². The van der Waals surface area contributed by atoms with Gasteiger partial charge in [0.25, 0.3) is 0 Å². The zero-order valence-electron chi connectivity index (χ0n) is 13.3. The molecule has 0 spiro atoms. The summed E-state index contributed by atoms with van der Waals surface area (Å²) in [4.78, 5) is 11.5. The number of carbonyl (C=O) groups excluding carboxylic acids is 1. The fourth-order valence-corrected chi connectivity index (χ4v) is 2.50. The Balaban J connectivity index is 4.83. The van der Waals surface area contributed by atoms with Gasteiger partial charge in [-0.2, -0.15) is 0 Å². The highest BCUT2D eigenvalue weighted by Gasteiger charge is 2.34. The van der Waals surface area contributed by atoms with Crippen molar-refractivity contribution in [3.8, 4) is 0 Å². The standard InChI is InChI=1S/C16H30O3/c1-7-14(17)19-16(10-4,11-5)13-12-15(8-2,9-3)18-6/h7H,1,8-13H2,2-6H3. The summed E-state index contributed by atoms with van der Waals surface area (Å²) >= 11 is 0. The quantitative estimate of drug-likeness (QED) is 0.439. The molecule has 0 saturated carbocycles. The molecule has 0 aliphatic heterocycles. The van der Waals surface area contributed by atoms with Crippen LogP contribution in [0.15, 0.2) is 12.7 Å². The van der Waals surface area contributed by atoms with E-state index in [1.165, 1.54) is 6.08 Å². The number of ether oxygens (including phenoxy) is 2. The molecule has 112 valence electrons. The summed E-state index contributed by atoms with van der Waals surface area (Å²) in [6, 6.07) is 0.